The number of methoxy groups -OCH3 is 1. The number of amides is 1. The second-order valence-electron chi connectivity index (χ2n) is 8.87. The van der Waals surface area contributed by atoms with Crippen LogP contribution in [0.5, 0.6) is 5.75 Å². The topological polar surface area (TPSA) is 95.5 Å². The van der Waals surface area contributed by atoms with Gasteiger partial charge in [0.1, 0.15) is 11.3 Å². The first kappa shape index (κ1) is 24.2. The number of nitrogens with zero attached hydrogens (tertiary/aromatic N) is 5. The molecule has 9 nitrogen and oxygen atoms in total. The van der Waals surface area contributed by atoms with Crippen LogP contribution in [0.25, 0.3) is 22.2 Å². The van der Waals surface area contributed by atoms with Crippen LogP contribution in [0.1, 0.15) is 0 Å². The summed E-state index contributed by atoms with van der Waals surface area (Å²) in [7, 11) is 3.81. The van der Waals surface area contributed by atoms with Gasteiger partial charge in [0, 0.05) is 67.0 Å². The fourth-order valence-electron chi connectivity index (χ4n) is 4.33. The number of carbonyl (C=O) groups excluding carboxylic acids is 1. The molecule has 2 aromatic heterocycles. The molecule has 1 saturated heterocycles. The molecule has 37 heavy (non-hydrogen) atoms. The lowest BCUT2D eigenvalue weighted by Crippen LogP contribution is -2.44. The number of pyridine rings is 1. The van der Waals surface area contributed by atoms with E-state index in [1.807, 2.05) is 42.5 Å². The lowest BCUT2D eigenvalue weighted by atomic mass is 10.1. The maximum absolute atomic E-state index is 11.7. The largest absolute Gasteiger partial charge is 0.494 e. The first-order valence-electron chi connectivity index (χ1n) is 12.1. The summed E-state index contributed by atoms with van der Waals surface area (Å²) < 4.78 is 5.70. The molecule has 1 amide bonds. The molecule has 3 heterocycles. The monoisotopic (exact) mass is 495 g/mol. The lowest BCUT2D eigenvalue weighted by molar-refractivity contribution is -0.111. The van der Waals surface area contributed by atoms with Crippen LogP contribution in [0, 0.1) is 0 Å². The first-order chi connectivity index (χ1) is 18.0. The predicted octanol–water partition coefficient (Wildman–Crippen LogP) is 4.32. The molecule has 5 rings (SSSR count). The Balaban J connectivity index is 1.44. The highest BCUT2D eigenvalue weighted by atomic mass is 16.5. The second-order valence-corrected chi connectivity index (χ2v) is 8.87. The average molecular weight is 496 g/mol. The molecule has 4 aromatic rings. The zero-order valence-electron chi connectivity index (χ0n) is 20.9. The number of piperazine rings is 1. The number of benzene rings is 2. The van der Waals surface area contributed by atoms with Crippen LogP contribution in [0.3, 0.4) is 0 Å². The van der Waals surface area contributed by atoms with Crippen LogP contribution < -0.4 is 20.3 Å². The average Bonchev–Trinajstić information content (AvgIpc) is 2.93. The standard InChI is InChI=1S/C28H29N7O2/c1-4-25(36)31-21-7-5-6-19(16-21)26-27-20(10-11-29-26)18-30-28(33-27)32-23-9-8-22(17-24(23)37-3)35-14-12-34(2)13-15-35/h4-11,16-18H,1,12-15H2,2-3H3,(H,31,36)(H,30,32,33). The van der Waals surface area contributed by atoms with Gasteiger partial charge in [-0.15, -0.1) is 0 Å². The molecule has 0 radical (unpaired) electrons. The van der Waals surface area contributed by atoms with E-state index in [1.165, 1.54) is 6.08 Å². The number of likely N-dealkylation sites (N-methyl/N-ethyl adjacent to an activating group) is 1. The molecule has 2 N–H and O–H groups in total. The molecule has 0 atom stereocenters. The zero-order chi connectivity index (χ0) is 25.8. The second kappa shape index (κ2) is 10.6. The molecular weight excluding hydrogens is 466 g/mol. The van der Waals surface area contributed by atoms with Crippen molar-refractivity contribution in [3.63, 3.8) is 0 Å². The summed E-state index contributed by atoms with van der Waals surface area (Å²) in [6.45, 7) is 7.54. The fourth-order valence-corrected chi connectivity index (χ4v) is 4.33. The van der Waals surface area contributed by atoms with Gasteiger partial charge in [-0.2, -0.15) is 0 Å². The van der Waals surface area contributed by atoms with Gasteiger partial charge in [-0.25, -0.2) is 9.97 Å². The number of hydrogen-bond acceptors (Lipinski definition) is 8. The third kappa shape index (κ3) is 5.36. The quantitative estimate of drug-likeness (QED) is 0.366. The molecule has 1 fully saturated rings. The number of hydrogen-bond donors (Lipinski definition) is 2. The van der Waals surface area contributed by atoms with Crippen LogP contribution >= 0.6 is 0 Å². The highest BCUT2D eigenvalue weighted by Gasteiger charge is 2.17. The van der Waals surface area contributed by atoms with Crippen molar-refractivity contribution in [2.75, 3.05) is 55.9 Å². The van der Waals surface area contributed by atoms with Crippen molar-refractivity contribution in [1.82, 2.24) is 19.9 Å². The van der Waals surface area contributed by atoms with E-state index in [1.54, 1.807) is 19.5 Å². The fraction of sp³-hybridized carbons (Fsp3) is 0.214. The minimum atomic E-state index is -0.274. The van der Waals surface area contributed by atoms with Gasteiger partial charge in [0.2, 0.25) is 11.9 Å². The summed E-state index contributed by atoms with van der Waals surface area (Å²) in [4.78, 5) is 30.3. The summed E-state index contributed by atoms with van der Waals surface area (Å²) in [5.41, 5.74) is 4.77. The maximum atomic E-state index is 11.7. The Hall–Kier alpha value is -4.50. The van der Waals surface area contributed by atoms with Gasteiger partial charge in [-0.1, -0.05) is 18.7 Å². The van der Waals surface area contributed by atoms with Crippen LogP contribution in [-0.4, -0.2) is 66.1 Å². The SMILES string of the molecule is C=CC(=O)Nc1cccc(-c2nccc3cnc(Nc4ccc(N5CCN(C)CC5)cc4OC)nc23)c1. The van der Waals surface area contributed by atoms with Crippen molar-refractivity contribution in [3.05, 3.63) is 73.6 Å². The third-order valence-corrected chi connectivity index (χ3v) is 6.39. The van der Waals surface area contributed by atoms with Gasteiger partial charge < -0.3 is 25.2 Å². The number of ether oxygens (including phenoxy) is 1. The van der Waals surface area contributed by atoms with E-state index in [4.69, 9.17) is 9.72 Å². The number of anilines is 4. The van der Waals surface area contributed by atoms with Gasteiger partial charge in [-0.3, -0.25) is 9.78 Å². The van der Waals surface area contributed by atoms with E-state index in [2.05, 4.69) is 50.1 Å². The minimum Gasteiger partial charge on any atom is -0.494 e. The normalized spacial score (nSPS) is 13.8. The van der Waals surface area contributed by atoms with E-state index >= 15 is 0 Å². The van der Waals surface area contributed by atoms with Gasteiger partial charge in [-0.05, 0) is 43.5 Å². The molecule has 0 saturated carbocycles. The Morgan fingerprint density at radius 2 is 1.92 bits per heavy atom. The third-order valence-electron chi connectivity index (χ3n) is 6.39. The van der Waals surface area contributed by atoms with E-state index in [9.17, 15) is 4.79 Å². The number of aromatic nitrogens is 3. The smallest absolute Gasteiger partial charge is 0.247 e. The molecular formula is C28H29N7O2. The first-order valence-corrected chi connectivity index (χ1v) is 12.1. The van der Waals surface area contributed by atoms with Crippen molar-refractivity contribution < 1.29 is 9.53 Å². The van der Waals surface area contributed by atoms with E-state index in [0.717, 1.165) is 54.3 Å². The summed E-state index contributed by atoms with van der Waals surface area (Å²) in [5, 5.41) is 6.95. The Morgan fingerprint density at radius 3 is 2.70 bits per heavy atom. The van der Waals surface area contributed by atoms with Crippen molar-refractivity contribution in [1.29, 1.82) is 0 Å². The summed E-state index contributed by atoms with van der Waals surface area (Å²) in [6, 6.07) is 15.5. The van der Waals surface area contributed by atoms with E-state index in [0.29, 0.717) is 22.8 Å². The van der Waals surface area contributed by atoms with Crippen LogP contribution in [0.4, 0.5) is 23.0 Å². The molecule has 9 heteroatoms. The Morgan fingerprint density at radius 1 is 1.08 bits per heavy atom. The van der Waals surface area contributed by atoms with Crippen molar-refractivity contribution >= 4 is 39.8 Å². The number of rotatable bonds is 7. The van der Waals surface area contributed by atoms with Crippen LogP contribution in [0.15, 0.2) is 73.6 Å². The summed E-state index contributed by atoms with van der Waals surface area (Å²) in [6.07, 6.45) is 4.73. The van der Waals surface area contributed by atoms with E-state index < -0.39 is 0 Å². The highest BCUT2D eigenvalue weighted by molar-refractivity contribution is 5.99. The van der Waals surface area contributed by atoms with Crippen molar-refractivity contribution in [3.8, 4) is 17.0 Å². The minimum absolute atomic E-state index is 0.274. The Kier molecular flexibility index (Phi) is 6.96. The van der Waals surface area contributed by atoms with Gasteiger partial charge in [0.05, 0.1) is 18.5 Å². The van der Waals surface area contributed by atoms with Gasteiger partial charge in [0.15, 0.2) is 0 Å². The van der Waals surface area contributed by atoms with E-state index in [-0.39, 0.29) is 5.91 Å². The van der Waals surface area contributed by atoms with Crippen LogP contribution in [-0.2, 0) is 4.79 Å². The van der Waals surface area contributed by atoms with Crippen molar-refractivity contribution in [2.24, 2.45) is 0 Å². The predicted molar refractivity (Wildman–Crippen MR) is 148 cm³/mol. The number of nitrogens with one attached hydrogen (secondary N) is 2. The maximum Gasteiger partial charge on any atom is 0.247 e. The van der Waals surface area contributed by atoms with Crippen molar-refractivity contribution in [2.45, 2.75) is 0 Å². The molecule has 0 unspecified atom stereocenters. The lowest BCUT2D eigenvalue weighted by Gasteiger charge is -2.34. The van der Waals surface area contributed by atoms with Gasteiger partial charge >= 0.3 is 0 Å². The number of fused-ring (bicyclic) bond motifs is 1. The molecule has 2 aromatic carbocycles. The molecule has 0 spiro atoms. The Labute approximate surface area is 215 Å². The van der Waals surface area contributed by atoms with Gasteiger partial charge in [0.25, 0.3) is 0 Å². The summed E-state index contributed by atoms with van der Waals surface area (Å²) in [5.74, 6) is 0.880. The summed E-state index contributed by atoms with van der Waals surface area (Å²) >= 11 is 0. The Bertz CT molecular complexity index is 1450. The molecule has 1 aliphatic rings. The van der Waals surface area contributed by atoms with Crippen LogP contribution in [0.2, 0.25) is 0 Å². The molecule has 0 aliphatic carbocycles. The zero-order valence-corrected chi connectivity index (χ0v) is 20.9. The molecule has 1 aliphatic heterocycles. The number of carbonyl (C=O) groups is 1. The molecule has 0 bridgehead atoms. The highest BCUT2D eigenvalue weighted by Crippen LogP contribution is 2.33. The molecule has 188 valence electrons.